The van der Waals surface area contributed by atoms with Crippen LogP contribution in [-0.4, -0.2) is 59.9 Å². The number of carbonyl (C=O) groups is 3. The second-order valence-electron chi connectivity index (χ2n) is 5.28. The second-order valence-corrected chi connectivity index (χ2v) is 5.28. The third-order valence-electron chi connectivity index (χ3n) is 3.68. The van der Waals surface area contributed by atoms with E-state index in [4.69, 9.17) is 9.84 Å². The summed E-state index contributed by atoms with van der Waals surface area (Å²) in [5.74, 6) is -0.138. The van der Waals surface area contributed by atoms with Crippen molar-refractivity contribution in [3.8, 4) is 5.75 Å². The van der Waals surface area contributed by atoms with E-state index in [9.17, 15) is 14.4 Å². The highest BCUT2D eigenvalue weighted by Gasteiger charge is 2.32. The summed E-state index contributed by atoms with van der Waals surface area (Å²) < 4.78 is 5.42. The van der Waals surface area contributed by atoms with Crippen LogP contribution in [0.4, 0.5) is 0 Å². The molecule has 1 heterocycles. The molecule has 7 nitrogen and oxygen atoms in total. The van der Waals surface area contributed by atoms with Crippen LogP contribution in [0.25, 0.3) is 0 Å². The molecular weight excluding hydrogens is 300 g/mol. The topological polar surface area (TPSA) is 95.9 Å². The summed E-state index contributed by atoms with van der Waals surface area (Å²) in [5, 5.41) is 11.7. The average Bonchev–Trinajstić information content (AvgIpc) is 2.55. The van der Waals surface area contributed by atoms with Gasteiger partial charge in [-0.05, 0) is 37.6 Å². The molecule has 124 valence electrons. The van der Waals surface area contributed by atoms with Crippen LogP contribution in [0.1, 0.15) is 23.7 Å². The summed E-state index contributed by atoms with van der Waals surface area (Å²) >= 11 is 0. The van der Waals surface area contributed by atoms with Gasteiger partial charge in [-0.25, -0.2) is 0 Å². The molecule has 2 N–H and O–H groups in total. The van der Waals surface area contributed by atoms with Crippen LogP contribution in [0.2, 0.25) is 0 Å². The van der Waals surface area contributed by atoms with Crippen LogP contribution < -0.4 is 10.1 Å². The Bertz CT molecular complexity index is 585. The van der Waals surface area contributed by atoms with Gasteiger partial charge < -0.3 is 20.1 Å². The predicted octanol–water partition coefficient (Wildman–Crippen LogP) is -0.0226. The van der Waals surface area contributed by atoms with Crippen LogP contribution in [-0.2, 0) is 9.59 Å². The molecule has 0 aliphatic carbocycles. The van der Waals surface area contributed by atoms with Crippen molar-refractivity contribution in [2.45, 2.75) is 19.4 Å². The number of ether oxygens (including phenoxy) is 1. The number of aliphatic hydroxyl groups excluding tert-OH is 1. The van der Waals surface area contributed by atoms with E-state index in [0.29, 0.717) is 24.4 Å². The fraction of sp³-hybridized carbons (Fsp3) is 0.438. The SMILES string of the molecule is CC(=O)c1ccc(OCC(=O)N2CCNC(=O)C2CCO)cc1. The van der Waals surface area contributed by atoms with Crippen LogP contribution in [0.5, 0.6) is 5.75 Å². The first-order valence-corrected chi connectivity index (χ1v) is 7.44. The minimum atomic E-state index is -0.662. The van der Waals surface area contributed by atoms with Gasteiger partial charge in [0.1, 0.15) is 11.8 Å². The minimum Gasteiger partial charge on any atom is -0.484 e. The lowest BCUT2D eigenvalue weighted by molar-refractivity contribution is -0.145. The molecule has 2 rings (SSSR count). The predicted molar refractivity (Wildman–Crippen MR) is 82.2 cm³/mol. The van der Waals surface area contributed by atoms with Gasteiger partial charge >= 0.3 is 0 Å². The molecule has 1 aliphatic heterocycles. The third kappa shape index (κ3) is 4.29. The second kappa shape index (κ2) is 7.73. The van der Waals surface area contributed by atoms with Crippen molar-refractivity contribution in [2.24, 2.45) is 0 Å². The fourth-order valence-corrected chi connectivity index (χ4v) is 2.44. The zero-order chi connectivity index (χ0) is 16.8. The van der Waals surface area contributed by atoms with Crippen molar-refractivity contribution in [1.82, 2.24) is 10.2 Å². The van der Waals surface area contributed by atoms with Gasteiger partial charge in [0, 0.05) is 25.3 Å². The number of amides is 2. The van der Waals surface area contributed by atoms with E-state index in [1.54, 1.807) is 24.3 Å². The summed E-state index contributed by atoms with van der Waals surface area (Å²) in [6, 6.07) is 5.84. The molecule has 0 saturated carbocycles. The van der Waals surface area contributed by atoms with Gasteiger partial charge in [0.15, 0.2) is 12.4 Å². The van der Waals surface area contributed by atoms with E-state index in [-0.39, 0.29) is 37.2 Å². The Morgan fingerprint density at radius 1 is 1.35 bits per heavy atom. The number of rotatable bonds is 6. The Labute approximate surface area is 134 Å². The number of hydrogen-bond acceptors (Lipinski definition) is 5. The fourth-order valence-electron chi connectivity index (χ4n) is 2.44. The number of nitrogens with one attached hydrogen (secondary N) is 1. The molecule has 7 heteroatoms. The summed E-state index contributed by atoms with van der Waals surface area (Å²) in [4.78, 5) is 36.7. The van der Waals surface area contributed by atoms with Crippen molar-refractivity contribution in [3.63, 3.8) is 0 Å². The van der Waals surface area contributed by atoms with Crippen LogP contribution in [0.3, 0.4) is 0 Å². The van der Waals surface area contributed by atoms with Crippen molar-refractivity contribution < 1.29 is 24.2 Å². The van der Waals surface area contributed by atoms with Crippen molar-refractivity contribution in [1.29, 1.82) is 0 Å². The highest BCUT2D eigenvalue weighted by atomic mass is 16.5. The van der Waals surface area contributed by atoms with Gasteiger partial charge in [0.25, 0.3) is 5.91 Å². The highest BCUT2D eigenvalue weighted by molar-refractivity contribution is 5.94. The van der Waals surface area contributed by atoms with Gasteiger partial charge in [-0.3, -0.25) is 14.4 Å². The van der Waals surface area contributed by atoms with Crippen molar-refractivity contribution in [2.75, 3.05) is 26.3 Å². The van der Waals surface area contributed by atoms with E-state index >= 15 is 0 Å². The number of nitrogens with zero attached hydrogens (tertiary/aromatic N) is 1. The standard InChI is InChI=1S/C16H20N2O5/c1-11(20)12-2-4-13(5-3-12)23-10-15(21)18-8-7-17-16(22)14(18)6-9-19/h2-5,14,19H,6-10H2,1H3,(H,17,22). The van der Waals surface area contributed by atoms with Gasteiger partial charge in [-0.15, -0.1) is 0 Å². The number of ketones is 1. The Kier molecular flexibility index (Phi) is 5.70. The number of Topliss-reactive ketones (excluding diaryl/α,β-unsaturated/α-hetero) is 1. The summed E-state index contributed by atoms with van der Waals surface area (Å²) in [6.07, 6.45) is 0.199. The monoisotopic (exact) mass is 320 g/mol. The van der Waals surface area contributed by atoms with E-state index in [1.165, 1.54) is 11.8 Å². The van der Waals surface area contributed by atoms with E-state index in [1.807, 2.05) is 0 Å². The van der Waals surface area contributed by atoms with E-state index < -0.39 is 6.04 Å². The molecule has 0 aromatic heterocycles. The molecule has 23 heavy (non-hydrogen) atoms. The molecule has 1 aromatic carbocycles. The van der Waals surface area contributed by atoms with Gasteiger partial charge in [0.05, 0.1) is 0 Å². The maximum Gasteiger partial charge on any atom is 0.261 e. The molecule has 0 radical (unpaired) electrons. The van der Waals surface area contributed by atoms with Gasteiger partial charge in [0.2, 0.25) is 5.91 Å². The Hall–Kier alpha value is -2.41. The van der Waals surface area contributed by atoms with Crippen LogP contribution in [0, 0.1) is 0 Å². The lowest BCUT2D eigenvalue weighted by Crippen LogP contribution is -2.58. The van der Waals surface area contributed by atoms with Crippen molar-refractivity contribution in [3.05, 3.63) is 29.8 Å². The number of carbonyl (C=O) groups excluding carboxylic acids is 3. The Balaban J connectivity index is 1.95. The van der Waals surface area contributed by atoms with E-state index in [0.717, 1.165) is 0 Å². The number of piperazine rings is 1. The molecule has 1 aromatic rings. The molecular formula is C16H20N2O5. The largest absolute Gasteiger partial charge is 0.484 e. The minimum absolute atomic E-state index is 0.0428. The first kappa shape index (κ1) is 17.0. The maximum atomic E-state index is 12.3. The smallest absolute Gasteiger partial charge is 0.261 e. The molecule has 1 unspecified atom stereocenters. The molecule has 1 atom stereocenters. The number of hydrogen-bond donors (Lipinski definition) is 2. The molecule has 0 spiro atoms. The maximum absolute atomic E-state index is 12.3. The van der Waals surface area contributed by atoms with Crippen molar-refractivity contribution >= 4 is 17.6 Å². The normalized spacial score (nSPS) is 17.6. The van der Waals surface area contributed by atoms with Crippen LogP contribution >= 0.6 is 0 Å². The zero-order valence-corrected chi connectivity index (χ0v) is 12.9. The lowest BCUT2D eigenvalue weighted by atomic mass is 10.1. The summed E-state index contributed by atoms with van der Waals surface area (Å²) in [6.45, 7) is 1.88. The van der Waals surface area contributed by atoms with Crippen LogP contribution in [0.15, 0.2) is 24.3 Å². The summed E-state index contributed by atoms with van der Waals surface area (Å²) in [7, 11) is 0. The molecule has 2 amide bonds. The van der Waals surface area contributed by atoms with Gasteiger partial charge in [-0.1, -0.05) is 0 Å². The quantitative estimate of drug-likeness (QED) is 0.718. The summed E-state index contributed by atoms with van der Waals surface area (Å²) in [5.41, 5.74) is 0.569. The Morgan fingerprint density at radius 3 is 2.65 bits per heavy atom. The highest BCUT2D eigenvalue weighted by Crippen LogP contribution is 2.14. The number of benzene rings is 1. The number of aliphatic hydroxyl groups is 1. The molecule has 1 saturated heterocycles. The first-order valence-electron chi connectivity index (χ1n) is 7.44. The first-order chi connectivity index (χ1) is 11.0. The Morgan fingerprint density at radius 2 is 2.04 bits per heavy atom. The van der Waals surface area contributed by atoms with Gasteiger partial charge in [-0.2, -0.15) is 0 Å². The third-order valence-corrected chi connectivity index (χ3v) is 3.68. The average molecular weight is 320 g/mol. The molecule has 1 aliphatic rings. The zero-order valence-electron chi connectivity index (χ0n) is 12.9. The lowest BCUT2D eigenvalue weighted by Gasteiger charge is -2.34. The molecule has 1 fully saturated rings. The molecule has 0 bridgehead atoms. The van der Waals surface area contributed by atoms with E-state index in [2.05, 4.69) is 5.32 Å².